The van der Waals surface area contributed by atoms with Crippen molar-refractivity contribution in [1.29, 1.82) is 0 Å². The maximum Gasteiger partial charge on any atom is 0.234 e. The summed E-state index contributed by atoms with van der Waals surface area (Å²) in [4.78, 5) is 15.2. The molecule has 0 heterocycles. The van der Waals surface area contributed by atoms with E-state index in [1.807, 2.05) is 49.4 Å². The van der Waals surface area contributed by atoms with Crippen LogP contribution in [0, 0.1) is 0 Å². The Kier molecular flexibility index (Phi) is 8.32. The molecule has 1 aliphatic rings. The van der Waals surface area contributed by atoms with Crippen molar-refractivity contribution in [2.24, 2.45) is 0 Å². The zero-order valence-electron chi connectivity index (χ0n) is 18.7. The smallest absolute Gasteiger partial charge is 0.234 e. The Labute approximate surface area is 185 Å². The predicted octanol–water partition coefficient (Wildman–Crippen LogP) is 3.69. The van der Waals surface area contributed by atoms with Crippen molar-refractivity contribution < 1.29 is 19.4 Å². The van der Waals surface area contributed by atoms with Gasteiger partial charge in [0.15, 0.2) is 0 Å². The number of nitrogens with one attached hydrogen (secondary N) is 1. The zero-order valence-corrected chi connectivity index (χ0v) is 18.7. The van der Waals surface area contributed by atoms with Crippen LogP contribution >= 0.6 is 0 Å². The number of ether oxygens (including phenoxy) is 2. The maximum atomic E-state index is 13.0. The quantitative estimate of drug-likeness (QED) is 0.640. The van der Waals surface area contributed by atoms with Crippen LogP contribution in [-0.4, -0.2) is 48.8 Å². The summed E-state index contributed by atoms with van der Waals surface area (Å²) in [5, 5.41) is 13.0. The fraction of sp³-hybridized carbons (Fsp3) is 0.480. The Hall–Kier alpha value is -2.57. The summed E-state index contributed by atoms with van der Waals surface area (Å²) in [5.41, 5.74) is 2.06. The highest BCUT2D eigenvalue weighted by atomic mass is 16.5. The highest BCUT2D eigenvalue weighted by Gasteiger charge is 2.27. The minimum atomic E-state index is -0.227. The molecule has 1 saturated carbocycles. The Bertz CT molecular complexity index is 849. The summed E-state index contributed by atoms with van der Waals surface area (Å²) < 4.78 is 10.8. The number of nitrogens with zero attached hydrogens (tertiary/aromatic N) is 1. The first-order valence-electron chi connectivity index (χ1n) is 11.0. The number of rotatable bonds is 9. The van der Waals surface area contributed by atoms with Crippen molar-refractivity contribution >= 4 is 5.91 Å². The Morgan fingerprint density at radius 2 is 1.84 bits per heavy atom. The lowest BCUT2D eigenvalue weighted by Gasteiger charge is -2.35. The molecule has 1 unspecified atom stereocenters. The van der Waals surface area contributed by atoms with Crippen molar-refractivity contribution in [2.45, 2.75) is 57.3 Å². The van der Waals surface area contributed by atoms with E-state index < -0.39 is 0 Å². The number of carbonyl (C=O) groups excluding carboxylic acids is 1. The van der Waals surface area contributed by atoms with E-state index in [1.165, 1.54) is 0 Å². The summed E-state index contributed by atoms with van der Waals surface area (Å²) in [6.45, 7) is 2.94. The molecule has 168 valence electrons. The summed E-state index contributed by atoms with van der Waals surface area (Å²) in [7, 11) is 3.30. The van der Waals surface area contributed by atoms with Crippen molar-refractivity contribution in [2.75, 3.05) is 20.8 Å². The molecule has 6 nitrogen and oxygen atoms in total. The van der Waals surface area contributed by atoms with E-state index >= 15 is 0 Å². The van der Waals surface area contributed by atoms with Crippen LogP contribution < -0.4 is 14.8 Å². The number of hydrogen-bond acceptors (Lipinski definition) is 5. The Balaban J connectivity index is 1.70. The molecule has 2 N–H and O–H groups in total. The number of hydrogen-bond donors (Lipinski definition) is 2. The first-order valence-corrected chi connectivity index (χ1v) is 11.0. The van der Waals surface area contributed by atoms with E-state index in [0.29, 0.717) is 13.1 Å². The number of carbonyl (C=O) groups is 1. The number of methoxy groups -OCH3 is 2. The number of para-hydroxylation sites is 1. The normalized spacial score (nSPS) is 19.6. The van der Waals surface area contributed by atoms with Gasteiger partial charge in [0, 0.05) is 18.2 Å². The van der Waals surface area contributed by atoms with Crippen LogP contribution in [0.1, 0.15) is 49.8 Å². The largest absolute Gasteiger partial charge is 0.497 e. The van der Waals surface area contributed by atoms with Crippen LogP contribution in [0.4, 0.5) is 0 Å². The van der Waals surface area contributed by atoms with Gasteiger partial charge in [0.1, 0.15) is 11.5 Å². The van der Waals surface area contributed by atoms with Crippen LogP contribution in [0.5, 0.6) is 11.5 Å². The highest BCUT2D eigenvalue weighted by molar-refractivity contribution is 5.78. The average Bonchev–Trinajstić information content (AvgIpc) is 2.79. The molecule has 3 rings (SSSR count). The Morgan fingerprint density at radius 1 is 1.10 bits per heavy atom. The van der Waals surface area contributed by atoms with E-state index in [0.717, 1.165) is 48.3 Å². The van der Waals surface area contributed by atoms with Gasteiger partial charge >= 0.3 is 0 Å². The molecule has 0 aliphatic heterocycles. The predicted molar refractivity (Wildman–Crippen MR) is 121 cm³/mol. The lowest BCUT2D eigenvalue weighted by atomic mass is 9.91. The van der Waals surface area contributed by atoms with Gasteiger partial charge in [0.05, 0.1) is 32.9 Å². The lowest BCUT2D eigenvalue weighted by Crippen LogP contribution is -2.45. The second-order valence-electron chi connectivity index (χ2n) is 8.25. The first kappa shape index (κ1) is 23.1. The molecule has 0 saturated heterocycles. The standard InChI is InChI=1S/C25H34N2O4/c1-18(23-9-4-5-10-24(23)31-3)26-25(29)17-27(20-11-13-21(28)14-12-20)16-19-7-6-8-22(15-19)30-2/h4-10,15,18,20-21,28H,11-14,16-17H2,1-3H3,(H,26,29). The second kappa shape index (κ2) is 11.2. The third kappa shape index (κ3) is 6.45. The van der Waals surface area contributed by atoms with Gasteiger partial charge < -0.3 is 19.9 Å². The minimum Gasteiger partial charge on any atom is -0.497 e. The van der Waals surface area contributed by atoms with Gasteiger partial charge in [0.25, 0.3) is 0 Å². The third-order valence-corrected chi connectivity index (χ3v) is 6.03. The van der Waals surface area contributed by atoms with Gasteiger partial charge in [-0.15, -0.1) is 0 Å². The second-order valence-corrected chi connectivity index (χ2v) is 8.25. The summed E-state index contributed by atoms with van der Waals surface area (Å²) in [5.74, 6) is 1.56. The lowest BCUT2D eigenvalue weighted by molar-refractivity contribution is -0.124. The van der Waals surface area contributed by atoms with Crippen molar-refractivity contribution in [3.8, 4) is 11.5 Å². The van der Waals surface area contributed by atoms with Crippen LogP contribution in [-0.2, 0) is 11.3 Å². The van der Waals surface area contributed by atoms with E-state index in [9.17, 15) is 9.90 Å². The van der Waals surface area contributed by atoms with Gasteiger partial charge in [0.2, 0.25) is 5.91 Å². The number of aliphatic hydroxyl groups is 1. The average molecular weight is 427 g/mol. The fourth-order valence-corrected chi connectivity index (χ4v) is 4.32. The van der Waals surface area contributed by atoms with E-state index in [2.05, 4.69) is 16.3 Å². The summed E-state index contributed by atoms with van der Waals surface area (Å²) in [6.07, 6.45) is 3.10. The van der Waals surface area contributed by atoms with Crippen LogP contribution in [0.2, 0.25) is 0 Å². The SMILES string of the molecule is COc1cccc(CN(CC(=O)NC(C)c2ccccc2OC)C2CCC(O)CC2)c1. The Morgan fingerprint density at radius 3 is 2.55 bits per heavy atom. The molecule has 1 aliphatic carbocycles. The molecule has 1 atom stereocenters. The maximum absolute atomic E-state index is 13.0. The molecule has 0 spiro atoms. The summed E-state index contributed by atoms with van der Waals surface area (Å²) >= 11 is 0. The molecule has 0 bridgehead atoms. The molecule has 6 heteroatoms. The molecular formula is C25H34N2O4. The van der Waals surface area contributed by atoms with E-state index in [4.69, 9.17) is 9.47 Å². The van der Waals surface area contributed by atoms with Gasteiger partial charge in [-0.25, -0.2) is 0 Å². The van der Waals surface area contributed by atoms with Gasteiger partial charge in [-0.1, -0.05) is 30.3 Å². The molecule has 31 heavy (non-hydrogen) atoms. The molecule has 1 amide bonds. The van der Waals surface area contributed by atoms with Crippen molar-refractivity contribution in [3.63, 3.8) is 0 Å². The number of amides is 1. The number of benzene rings is 2. The number of aliphatic hydroxyl groups excluding tert-OH is 1. The first-order chi connectivity index (χ1) is 15.0. The minimum absolute atomic E-state index is 0.0209. The zero-order chi connectivity index (χ0) is 22.2. The van der Waals surface area contributed by atoms with Crippen LogP contribution in [0.3, 0.4) is 0 Å². The summed E-state index contributed by atoms with van der Waals surface area (Å²) in [6, 6.07) is 15.8. The van der Waals surface area contributed by atoms with Gasteiger partial charge in [-0.2, -0.15) is 0 Å². The van der Waals surface area contributed by atoms with Gasteiger partial charge in [-0.3, -0.25) is 9.69 Å². The molecule has 0 radical (unpaired) electrons. The van der Waals surface area contributed by atoms with Crippen molar-refractivity contribution in [1.82, 2.24) is 10.2 Å². The van der Waals surface area contributed by atoms with Gasteiger partial charge in [-0.05, 0) is 56.4 Å². The van der Waals surface area contributed by atoms with Crippen LogP contribution in [0.15, 0.2) is 48.5 Å². The van der Waals surface area contributed by atoms with Crippen molar-refractivity contribution in [3.05, 3.63) is 59.7 Å². The highest BCUT2D eigenvalue weighted by Crippen LogP contribution is 2.26. The van der Waals surface area contributed by atoms with Crippen LogP contribution in [0.25, 0.3) is 0 Å². The fourth-order valence-electron chi connectivity index (χ4n) is 4.32. The van der Waals surface area contributed by atoms with E-state index in [1.54, 1.807) is 14.2 Å². The molecule has 0 aromatic heterocycles. The monoisotopic (exact) mass is 426 g/mol. The molecule has 1 fully saturated rings. The molecular weight excluding hydrogens is 392 g/mol. The molecule has 2 aromatic carbocycles. The topological polar surface area (TPSA) is 71.0 Å². The third-order valence-electron chi connectivity index (χ3n) is 6.03. The molecule has 2 aromatic rings. The van der Waals surface area contributed by atoms with E-state index in [-0.39, 0.29) is 24.1 Å².